The molecule has 3 rings (SSSR count). The van der Waals surface area contributed by atoms with Crippen LogP contribution >= 0.6 is 0 Å². The summed E-state index contributed by atoms with van der Waals surface area (Å²) in [6, 6.07) is 8.82. The van der Waals surface area contributed by atoms with E-state index in [0.717, 1.165) is 53.8 Å². The molecule has 34 heavy (non-hydrogen) atoms. The summed E-state index contributed by atoms with van der Waals surface area (Å²) in [5, 5.41) is 4.99. The van der Waals surface area contributed by atoms with Gasteiger partial charge in [0, 0.05) is 41.7 Å². The van der Waals surface area contributed by atoms with E-state index in [2.05, 4.69) is 59.7 Å². The average molecular weight is 464 g/mol. The number of allylic oxidation sites excluding steroid dienone is 1. The Morgan fingerprint density at radius 3 is 2.65 bits per heavy atom. The second kappa shape index (κ2) is 12.4. The van der Waals surface area contributed by atoms with E-state index in [1.54, 1.807) is 6.20 Å². The molecular weight excluding hydrogens is 427 g/mol. The van der Waals surface area contributed by atoms with Gasteiger partial charge in [0.05, 0.1) is 6.20 Å². The van der Waals surface area contributed by atoms with Crippen LogP contribution in [0.1, 0.15) is 49.6 Å². The van der Waals surface area contributed by atoms with Crippen molar-refractivity contribution in [1.29, 1.82) is 0 Å². The second-order valence-corrected chi connectivity index (χ2v) is 8.89. The predicted octanol–water partition coefficient (Wildman–Crippen LogP) is 4.03. The first-order chi connectivity index (χ1) is 16.4. The Morgan fingerprint density at radius 2 is 1.97 bits per heavy atom. The molecule has 1 aromatic heterocycles. The summed E-state index contributed by atoms with van der Waals surface area (Å²) < 4.78 is 13.1. The number of aliphatic imine (C=N–C) groups is 1. The number of amides is 1. The van der Waals surface area contributed by atoms with Gasteiger partial charge in [-0.3, -0.25) is 14.8 Å². The van der Waals surface area contributed by atoms with Crippen LogP contribution in [0.5, 0.6) is 0 Å². The fourth-order valence-electron chi connectivity index (χ4n) is 4.19. The molecule has 1 aromatic carbocycles. The number of rotatable bonds is 10. The normalized spacial score (nSPS) is 17.5. The zero-order valence-corrected chi connectivity index (χ0v) is 20.6. The van der Waals surface area contributed by atoms with Gasteiger partial charge in [-0.2, -0.15) is 0 Å². The number of nitrogens with two attached hydrogens (primary N) is 1. The Hall–Kier alpha value is -3.12. The van der Waals surface area contributed by atoms with E-state index in [1.165, 1.54) is 12.1 Å². The van der Waals surface area contributed by atoms with Crippen molar-refractivity contribution in [3.8, 4) is 0 Å². The summed E-state index contributed by atoms with van der Waals surface area (Å²) >= 11 is 0. The van der Waals surface area contributed by atoms with Crippen molar-refractivity contribution in [3.05, 3.63) is 88.8 Å². The van der Waals surface area contributed by atoms with Crippen molar-refractivity contribution >= 4 is 11.6 Å². The molecule has 2 heterocycles. The molecule has 2 aromatic rings. The quantitative estimate of drug-likeness (QED) is 0.559. The van der Waals surface area contributed by atoms with E-state index in [4.69, 9.17) is 0 Å². The molecule has 0 saturated carbocycles. The highest BCUT2D eigenvalue weighted by Crippen LogP contribution is 2.28. The smallest absolute Gasteiger partial charge is 0.270 e. The first-order valence-corrected chi connectivity index (χ1v) is 12.2. The molecule has 0 radical (unpaired) electrons. The van der Waals surface area contributed by atoms with E-state index < -0.39 is 0 Å². The first kappa shape index (κ1) is 25.5. The minimum Gasteiger partial charge on any atom is -0.351 e. The number of nitrogens with one attached hydrogen (secondary N) is 1. The molecule has 180 valence electrons. The lowest BCUT2D eigenvalue weighted by Gasteiger charge is -2.24. The highest BCUT2D eigenvalue weighted by molar-refractivity contribution is 6.45. The van der Waals surface area contributed by atoms with Crippen LogP contribution in [-0.2, 0) is 24.2 Å². The number of carbonyl (C=O) groups is 1. The average Bonchev–Trinajstić information content (AvgIpc) is 2.84. The van der Waals surface area contributed by atoms with Crippen molar-refractivity contribution in [2.24, 2.45) is 16.8 Å². The predicted molar refractivity (Wildman–Crippen MR) is 135 cm³/mol. The minimum atomic E-state index is -0.210. The van der Waals surface area contributed by atoms with Gasteiger partial charge in [-0.05, 0) is 61.9 Å². The molecule has 2 unspecified atom stereocenters. The largest absolute Gasteiger partial charge is 0.351 e. The molecule has 0 saturated heterocycles. The van der Waals surface area contributed by atoms with Gasteiger partial charge in [0.2, 0.25) is 0 Å². The monoisotopic (exact) mass is 463 g/mol. The van der Waals surface area contributed by atoms with Crippen LogP contribution in [0.4, 0.5) is 4.39 Å². The zero-order chi connectivity index (χ0) is 24.5. The number of nitrogens with zero attached hydrogens (tertiary/aromatic N) is 2. The fraction of sp³-hybridized carbons (Fsp3) is 0.393. The highest BCUT2D eigenvalue weighted by Gasteiger charge is 2.29. The lowest BCUT2D eigenvalue weighted by atomic mass is 9.82. The molecule has 1 aliphatic heterocycles. The first-order valence-electron chi connectivity index (χ1n) is 12.2. The van der Waals surface area contributed by atoms with Crippen molar-refractivity contribution in [3.63, 3.8) is 0 Å². The number of benzene rings is 1. The number of hydrogen-bond acceptors (Lipinski definition) is 3. The molecule has 0 spiro atoms. The van der Waals surface area contributed by atoms with Crippen LogP contribution in [0.3, 0.4) is 0 Å². The van der Waals surface area contributed by atoms with Gasteiger partial charge in [-0.1, -0.05) is 38.5 Å². The number of carbonyl (C=O) groups excluding carboxylic acids is 1. The van der Waals surface area contributed by atoms with E-state index in [0.29, 0.717) is 18.2 Å². The third kappa shape index (κ3) is 6.70. The number of aromatic nitrogens is 1. The number of hydrogen-bond donors (Lipinski definition) is 2. The zero-order valence-electron chi connectivity index (χ0n) is 20.6. The van der Waals surface area contributed by atoms with E-state index in [9.17, 15) is 9.18 Å². The molecule has 0 bridgehead atoms. The van der Waals surface area contributed by atoms with Crippen LogP contribution < -0.4 is 10.6 Å². The van der Waals surface area contributed by atoms with E-state index in [1.807, 2.05) is 25.3 Å². The number of aryl methyl sites for hydroxylation is 3. The Kier molecular flexibility index (Phi) is 9.28. The Balaban J connectivity index is 1.67. The summed E-state index contributed by atoms with van der Waals surface area (Å²) in [5.74, 6) is 0.255. The van der Waals surface area contributed by atoms with Crippen LogP contribution in [0.2, 0.25) is 0 Å². The standard InChI is InChI=1S/C28H35FN4O/c1-5-19(3)24-13-14-32-27(28(34)31-6-2)25(24)18-30-16-22-15-20(4)26(33-17-22)12-9-21-7-10-23(29)11-8-21/h7-8,10-11,13-15,17-19,24,30H,5-6,9,12,16H2,1-4H3,(H,31,34)/p+1. The molecule has 0 aliphatic carbocycles. The number of quaternary nitrogens is 1. The maximum absolute atomic E-state index is 13.1. The van der Waals surface area contributed by atoms with Crippen molar-refractivity contribution in [2.45, 2.75) is 53.5 Å². The molecular formula is C28H36FN4O+. The topological polar surface area (TPSA) is 71.0 Å². The van der Waals surface area contributed by atoms with Gasteiger partial charge >= 0.3 is 0 Å². The summed E-state index contributed by atoms with van der Waals surface area (Å²) in [6.45, 7) is 9.68. The molecule has 0 fully saturated rings. The van der Waals surface area contributed by atoms with E-state index in [-0.39, 0.29) is 17.6 Å². The Morgan fingerprint density at radius 1 is 1.21 bits per heavy atom. The lowest BCUT2D eigenvalue weighted by Crippen LogP contribution is -2.76. The third-order valence-corrected chi connectivity index (χ3v) is 6.40. The van der Waals surface area contributed by atoms with Gasteiger partial charge in [-0.15, -0.1) is 0 Å². The van der Waals surface area contributed by atoms with Crippen molar-refractivity contribution in [1.82, 2.24) is 10.3 Å². The maximum atomic E-state index is 13.1. The van der Waals surface area contributed by atoms with Crippen LogP contribution in [0, 0.1) is 24.6 Å². The van der Waals surface area contributed by atoms with Crippen molar-refractivity contribution in [2.75, 3.05) is 6.54 Å². The SMILES string of the molecule is CCNC(=O)C1=NC=CC(C(C)CC)C1=C[NH2+]Cc1cnc(CCc2ccc(F)cc2)c(C)c1. The molecule has 5 nitrogen and oxygen atoms in total. The van der Waals surface area contributed by atoms with Crippen molar-refractivity contribution < 1.29 is 14.5 Å². The highest BCUT2D eigenvalue weighted by atomic mass is 19.1. The van der Waals surface area contributed by atoms with Gasteiger partial charge in [0.25, 0.3) is 5.91 Å². The number of pyridine rings is 1. The molecule has 1 aliphatic rings. The maximum Gasteiger partial charge on any atom is 0.270 e. The summed E-state index contributed by atoms with van der Waals surface area (Å²) in [6.07, 6.45) is 10.5. The van der Waals surface area contributed by atoms with Gasteiger partial charge < -0.3 is 10.6 Å². The lowest BCUT2D eigenvalue weighted by molar-refractivity contribution is -0.605. The van der Waals surface area contributed by atoms with Gasteiger partial charge in [0.15, 0.2) is 0 Å². The van der Waals surface area contributed by atoms with Crippen LogP contribution in [0.25, 0.3) is 0 Å². The third-order valence-electron chi connectivity index (χ3n) is 6.40. The molecule has 2 atom stereocenters. The fourth-order valence-corrected chi connectivity index (χ4v) is 4.19. The summed E-state index contributed by atoms with van der Waals surface area (Å²) in [5.41, 5.74) is 5.94. The van der Waals surface area contributed by atoms with Gasteiger partial charge in [0.1, 0.15) is 18.1 Å². The summed E-state index contributed by atoms with van der Waals surface area (Å²) in [4.78, 5) is 21.7. The van der Waals surface area contributed by atoms with Crippen LogP contribution in [-0.4, -0.2) is 23.1 Å². The van der Waals surface area contributed by atoms with E-state index >= 15 is 0 Å². The van der Waals surface area contributed by atoms with Crippen LogP contribution in [0.15, 0.2) is 65.6 Å². The van der Waals surface area contributed by atoms with Gasteiger partial charge in [-0.25, -0.2) is 4.39 Å². The second-order valence-electron chi connectivity index (χ2n) is 8.89. The Bertz CT molecular complexity index is 1070. The molecule has 3 N–H and O–H groups in total. The minimum absolute atomic E-state index is 0.122. The number of halogens is 1. The molecule has 6 heteroatoms. The Labute approximate surface area is 202 Å². The summed E-state index contributed by atoms with van der Waals surface area (Å²) in [7, 11) is 0. The molecule has 1 amide bonds.